The molecular formula is C25H34N6O2. The standard InChI is InChI=1S/C25H34N6O2/c1-19(2)24-28-20-8-4-5-9-21(20)31(24)15-6-10-23(32)29(3)17-25(33)11-7-14-30(18-25)22-16-26-12-13-27-22/h4-5,8-9,12-13,16,19,33H,6-7,10-11,14-15,17-18H2,1-3H3. The lowest BCUT2D eigenvalue weighted by atomic mass is 9.92. The van der Waals surface area contributed by atoms with E-state index in [0.29, 0.717) is 31.8 Å². The number of piperidine rings is 1. The lowest BCUT2D eigenvalue weighted by molar-refractivity contribution is -0.133. The number of benzene rings is 1. The van der Waals surface area contributed by atoms with Crippen LogP contribution in [0.1, 0.15) is 51.3 Å². The number of likely N-dealkylation sites (N-methyl/N-ethyl adjacent to an activating group) is 1. The Hall–Kier alpha value is -3.00. The van der Waals surface area contributed by atoms with Crippen LogP contribution in [0, 0.1) is 0 Å². The third-order valence-corrected chi connectivity index (χ3v) is 6.36. The predicted molar refractivity (Wildman–Crippen MR) is 129 cm³/mol. The van der Waals surface area contributed by atoms with Crippen molar-refractivity contribution in [2.75, 3.05) is 31.6 Å². The molecule has 1 aliphatic rings. The quantitative estimate of drug-likeness (QED) is 0.567. The van der Waals surface area contributed by atoms with E-state index in [1.807, 2.05) is 23.1 Å². The second-order valence-electron chi connectivity index (χ2n) is 9.43. The Bertz CT molecular complexity index is 1080. The number of hydrogen-bond donors (Lipinski definition) is 1. The summed E-state index contributed by atoms with van der Waals surface area (Å²) in [6.45, 7) is 6.63. The summed E-state index contributed by atoms with van der Waals surface area (Å²) < 4.78 is 2.24. The molecule has 3 aromatic rings. The second-order valence-corrected chi connectivity index (χ2v) is 9.43. The van der Waals surface area contributed by atoms with Crippen LogP contribution in [0.25, 0.3) is 11.0 Å². The molecule has 0 bridgehead atoms. The SMILES string of the molecule is CC(C)c1nc2ccccc2n1CCCC(=O)N(C)CC1(O)CCCN(c2cnccn2)C1. The Balaban J connectivity index is 1.34. The van der Waals surface area contributed by atoms with Gasteiger partial charge in [-0.3, -0.25) is 9.78 Å². The summed E-state index contributed by atoms with van der Waals surface area (Å²) in [5, 5.41) is 11.2. The van der Waals surface area contributed by atoms with Crippen molar-refractivity contribution in [2.45, 2.75) is 57.6 Å². The summed E-state index contributed by atoms with van der Waals surface area (Å²) in [6.07, 6.45) is 7.69. The predicted octanol–water partition coefficient (Wildman–Crippen LogP) is 3.22. The molecule has 1 aromatic carbocycles. The van der Waals surface area contributed by atoms with Gasteiger partial charge in [-0.05, 0) is 31.4 Å². The number of carbonyl (C=O) groups excluding carboxylic acids is 1. The van der Waals surface area contributed by atoms with E-state index in [1.165, 1.54) is 0 Å². The van der Waals surface area contributed by atoms with E-state index < -0.39 is 5.60 Å². The molecule has 1 unspecified atom stereocenters. The third-order valence-electron chi connectivity index (χ3n) is 6.36. The average molecular weight is 451 g/mol. The fourth-order valence-corrected chi connectivity index (χ4v) is 4.77. The van der Waals surface area contributed by atoms with Crippen molar-refractivity contribution < 1.29 is 9.90 Å². The number of aromatic nitrogens is 4. The lowest BCUT2D eigenvalue weighted by Crippen LogP contribution is -2.54. The summed E-state index contributed by atoms with van der Waals surface area (Å²) in [6, 6.07) is 8.15. The van der Waals surface area contributed by atoms with Crippen LogP contribution in [-0.2, 0) is 11.3 Å². The van der Waals surface area contributed by atoms with E-state index in [0.717, 1.165) is 48.6 Å². The van der Waals surface area contributed by atoms with Crippen molar-refractivity contribution in [2.24, 2.45) is 0 Å². The number of β-amino-alcohol motifs (C(OH)–C–C–N with tert-alkyl or cyclic N) is 1. The normalized spacial score (nSPS) is 18.8. The van der Waals surface area contributed by atoms with Gasteiger partial charge in [0.25, 0.3) is 0 Å². The van der Waals surface area contributed by atoms with Crippen LogP contribution in [0.4, 0.5) is 5.82 Å². The lowest BCUT2D eigenvalue weighted by Gasteiger charge is -2.41. The Kier molecular flexibility index (Phi) is 6.93. The highest BCUT2D eigenvalue weighted by Crippen LogP contribution is 2.26. The number of fused-ring (bicyclic) bond motifs is 1. The van der Waals surface area contributed by atoms with Crippen molar-refractivity contribution in [1.82, 2.24) is 24.4 Å². The third kappa shape index (κ3) is 5.33. The van der Waals surface area contributed by atoms with Gasteiger partial charge in [-0.2, -0.15) is 0 Å². The smallest absolute Gasteiger partial charge is 0.222 e. The topological polar surface area (TPSA) is 87.4 Å². The Morgan fingerprint density at radius 3 is 2.85 bits per heavy atom. The second kappa shape index (κ2) is 9.87. The van der Waals surface area contributed by atoms with Crippen molar-refractivity contribution in [3.8, 4) is 0 Å². The summed E-state index contributed by atoms with van der Waals surface area (Å²) >= 11 is 0. The number of anilines is 1. The van der Waals surface area contributed by atoms with Crippen LogP contribution < -0.4 is 4.90 Å². The zero-order valence-corrected chi connectivity index (χ0v) is 19.8. The Morgan fingerprint density at radius 1 is 1.27 bits per heavy atom. The van der Waals surface area contributed by atoms with Gasteiger partial charge in [0.15, 0.2) is 0 Å². The van der Waals surface area contributed by atoms with Gasteiger partial charge >= 0.3 is 0 Å². The van der Waals surface area contributed by atoms with Gasteiger partial charge in [-0.15, -0.1) is 0 Å². The monoisotopic (exact) mass is 450 g/mol. The van der Waals surface area contributed by atoms with E-state index in [-0.39, 0.29) is 5.91 Å². The number of aryl methyl sites for hydroxylation is 1. The molecule has 1 atom stereocenters. The molecule has 176 valence electrons. The van der Waals surface area contributed by atoms with Crippen LogP contribution in [0.3, 0.4) is 0 Å². The summed E-state index contributed by atoms with van der Waals surface area (Å²) in [7, 11) is 1.79. The minimum atomic E-state index is -0.953. The molecular weight excluding hydrogens is 416 g/mol. The zero-order valence-electron chi connectivity index (χ0n) is 19.8. The maximum absolute atomic E-state index is 12.9. The van der Waals surface area contributed by atoms with Crippen LogP contribution in [-0.4, -0.2) is 67.7 Å². The molecule has 1 N–H and O–H groups in total. The molecule has 8 heteroatoms. The maximum Gasteiger partial charge on any atom is 0.222 e. The minimum absolute atomic E-state index is 0.0515. The minimum Gasteiger partial charge on any atom is -0.386 e. The molecule has 3 heterocycles. The first kappa shape index (κ1) is 23.2. The number of para-hydroxylation sites is 2. The number of carbonyl (C=O) groups is 1. The van der Waals surface area contributed by atoms with E-state index >= 15 is 0 Å². The van der Waals surface area contributed by atoms with Gasteiger partial charge in [0.05, 0.1) is 29.4 Å². The summed E-state index contributed by atoms with van der Waals surface area (Å²) in [5.41, 5.74) is 1.16. The van der Waals surface area contributed by atoms with Crippen LogP contribution >= 0.6 is 0 Å². The molecule has 33 heavy (non-hydrogen) atoms. The number of rotatable bonds is 8. The van der Waals surface area contributed by atoms with Gasteiger partial charge in [0.1, 0.15) is 11.6 Å². The largest absolute Gasteiger partial charge is 0.386 e. The average Bonchev–Trinajstić information content (AvgIpc) is 3.18. The highest BCUT2D eigenvalue weighted by atomic mass is 16.3. The molecule has 8 nitrogen and oxygen atoms in total. The van der Waals surface area contributed by atoms with E-state index in [2.05, 4.69) is 34.4 Å². The molecule has 1 saturated heterocycles. The van der Waals surface area contributed by atoms with Gasteiger partial charge in [0.2, 0.25) is 5.91 Å². The maximum atomic E-state index is 12.9. The summed E-state index contributed by atoms with van der Waals surface area (Å²) in [4.78, 5) is 29.9. The first-order chi connectivity index (χ1) is 15.9. The van der Waals surface area contributed by atoms with E-state index in [9.17, 15) is 9.90 Å². The first-order valence-electron chi connectivity index (χ1n) is 11.8. The highest BCUT2D eigenvalue weighted by molar-refractivity contribution is 5.77. The van der Waals surface area contributed by atoms with Crippen molar-refractivity contribution in [1.29, 1.82) is 0 Å². The Morgan fingerprint density at radius 2 is 2.09 bits per heavy atom. The van der Waals surface area contributed by atoms with Crippen LogP contribution in [0.15, 0.2) is 42.9 Å². The zero-order chi connectivity index (χ0) is 23.4. The molecule has 1 fully saturated rings. The van der Waals surface area contributed by atoms with Crippen LogP contribution in [0.2, 0.25) is 0 Å². The molecule has 0 spiro atoms. The Labute approximate surface area is 195 Å². The number of aliphatic hydroxyl groups is 1. The molecule has 1 aliphatic heterocycles. The molecule has 0 saturated carbocycles. The molecule has 4 rings (SSSR count). The molecule has 0 aliphatic carbocycles. The van der Waals surface area contributed by atoms with E-state index in [1.54, 1.807) is 30.5 Å². The van der Waals surface area contributed by atoms with Crippen molar-refractivity contribution in [3.63, 3.8) is 0 Å². The van der Waals surface area contributed by atoms with E-state index in [4.69, 9.17) is 4.98 Å². The number of hydrogen-bond acceptors (Lipinski definition) is 6. The van der Waals surface area contributed by atoms with Crippen molar-refractivity contribution >= 4 is 22.8 Å². The first-order valence-corrected chi connectivity index (χ1v) is 11.8. The molecule has 1 amide bonds. The highest BCUT2D eigenvalue weighted by Gasteiger charge is 2.35. The van der Waals surface area contributed by atoms with Gasteiger partial charge < -0.3 is 19.5 Å². The van der Waals surface area contributed by atoms with Crippen LogP contribution in [0.5, 0.6) is 0 Å². The van der Waals surface area contributed by atoms with Gasteiger partial charge in [-0.25, -0.2) is 9.97 Å². The number of imidazole rings is 1. The fourth-order valence-electron chi connectivity index (χ4n) is 4.77. The van der Waals surface area contributed by atoms with Gasteiger partial charge in [0, 0.05) is 51.4 Å². The fraction of sp³-hybridized carbons (Fsp3) is 0.520. The molecule has 0 radical (unpaired) electrons. The number of nitrogens with zero attached hydrogens (tertiary/aromatic N) is 6. The summed E-state index contributed by atoms with van der Waals surface area (Å²) in [5.74, 6) is 2.18. The molecule has 2 aromatic heterocycles. The van der Waals surface area contributed by atoms with Crippen molar-refractivity contribution in [3.05, 3.63) is 48.7 Å². The van der Waals surface area contributed by atoms with Gasteiger partial charge in [-0.1, -0.05) is 26.0 Å². The number of amides is 1.